The lowest BCUT2D eigenvalue weighted by Gasteiger charge is -2.32. The van der Waals surface area contributed by atoms with E-state index in [4.69, 9.17) is 4.74 Å². The number of ether oxygens (including phenoxy) is 1. The summed E-state index contributed by atoms with van der Waals surface area (Å²) in [5.74, 6) is 0.858. The van der Waals surface area contributed by atoms with Gasteiger partial charge in [-0.3, -0.25) is 4.79 Å². The lowest BCUT2D eigenvalue weighted by Crippen LogP contribution is -2.38. The molecule has 1 N–H and O–H groups in total. The number of carbonyl (C=O) groups excluding carboxylic acids is 1. The molecule has 1 amide bonds. The summed E-state index contributed by atoms with van der Waals surface area (Å²) < 4.78 is 19.8. The minimum absolute atomic E-state index is 0.150. The zero-order chi connectivity index (χ0) is 21.8. The quantitative estimate of drug-likeness (QED) is 0.557. The fourth-order valence-electron chi connectivity index (χ4n) is 3.64. The van der Waals surface area contributed by atoms with Crippen LogP contribution < -0.4 is 15.0 Å². The molecule has 160 valence electrons. The van der Waals surface area contributed by atoms with Crippen LogP contribution in [0.1, 0.15) is 12.8 Å². The number of carbonyl (C=O) groups is 1. The largest absolute Gasteiger partial charge is 0.497 e. The second kappa shape index (κ2) is 9.43. The van der Waals surface area contributed by atoms with Crippen LogP contribution in [0.25, 0.3) is 11.3 Å². The van der Waals surface area contributed by atoms with Crippen molar-refractivity contribution >= 4 is 33.3 Å². The maximum atomic E-state index is 14.0. The molecule has 2 heterocycles. The van der Waals surface area contributed by atoms with Crippen molar-refractivity contribution in [2.45, 2.75) is 12.8 Å². The monoisotopic (exact) mass is 484 g/mol. The van der Waals surface area contributed by atoms with Gasteiger partial charge in [-0.2, -0.15) is 0 Å². The number of anilines is 2. The number of hydrogen-bond acceptors (Lipinski definition) is 5. The van der Waals surface area contributed by atoms with Crippen molar-refractivity contribution in [2.24, 2.45) is 5.92 Å². The Kier molecular flexibility index (Phi) is 6.46. The van der Waals surface area contributed by atoms with Crippen molar-refractivity contribution in [3.05, 3.63) is 65.1 Å². The number of nitrogens with zero attached hydrogens (tertiary/aromatic N) is 3. The van der Waals surface area contributed by atoms with Crippen LogP contribution in [-0.2, 0) is 4.79 Å². The Morgan fingerprint density at radius 3 is 2.55 bits per heavy atom. The molecule has 1 saturated heterocycles. The predicted octanol–water partition coefficient (Wildman–Crippen LogP) is 4.91. The number of piperidine rings is 1. The molecule has 0 unspecified atom stereocenters. The maximum Gasteiger partial charge on any atom is 0.227 e. The Bertz CT molecular complexity index is 1070. The molecule has 1 aliphatic heterocycles. The zero-order valence-corrected chi connectivity index (χ0v) is 18.6. The molecule has 0 saturated carbocycles. The Morgan fingerprint density at radius 1 is 1.13 bits per heavy atom. The molecule has 0 spiro atoms. The van der Waals surface area contributed by atoms with E-state index in [1.807, 2.05) is 30.3 Å². The first-order chi connectivity index (χ1) is 15.0. The summed E-state index contributed by atoms with van der Waals surface area (Å²) in [6, 6.07) is 14.3. The predicted molar refractivity (Wildman–Crippen MR) is 122 cm³/mol. The highest BCUT2D eigenvalue weighted by molar-refractivity contribution is 9.10. The third kappa shape index (κ3) is 5.02. The Hall–Kier alpha value is -3.00. The molecular formula is C23H22BrFN4O2. The van der Waals surface area contributed by atoms with Gasteiger partial charge in [0.15, 0.2) is 0 Å². The van der Waals surface area contributed by atoms with E-state index in [9.17, 15) is 9.18 Å². The fourth-order valence-corrected chi connectivity index (χ4v) is 3.97. The van der Waals surface area contributed by atoms with Crippen LogP contribution in [0.5, 0.6) is 5.75 Å². The SMILES string of the molecule is COc1ccc(-c2cc(N3CCC(C(=O)Nc4ccc(Br)cc4F)CC3)ncn2)cc1. The van der Waals surface area contributed by atoms with Crippen molar-refractivity contribution in [1.82, 2.24) is 9.97 Å². The van der Waals surface area contributed by atoms with Gasteiger partial charge in [-0.05, 0) is 55.3 Å². The fraction of sp³-hybridized carbons (Fsp3) is 0.261. The van der Waals surface area contributed by atoms with E-state index in [0.717, 1.165) is 22.8 Å². The third-order valence-electron chi connectivity index (χ3n) is 5.42. The van der Waals surface area contributed by atoms with Gasteiger partial charge in [0.25, 0.3) is 0 Å². The van der Waals surface area contributed by atoms with Crippen LogP contribution >= 0.6 is 15.9 Å². The van der Waals surface area contributed by atoms with Crippen LogP contribution in [0.15, 0.2) is 59.3 Å². The smallest absolute Gasteiger partial charge is 0.227 e. The Balaban J connectivity index is 1.38. The summed E-state index contributed by atoms with van der Waals surface area (Å²) in [7, 11) is 1.64. The summed E-state index contributed by atoms with van der Waals surface area (Å²) in [4.78, 5) is 23.5. The van der Waals surface area contributed by atoms with Gasteiger partial charge in [0.2, 0.25) is 5.91 Å². The van der Waals surface area contributed by atoms with E-state index in [0.29, 0.717) is 30.4 Å². The van der Waals surface area contributed by atoms with Crippen LogP contribution in [0.4, 0.5) is 15.9 Å². The highest BCUT2D eigenvalue weighted by atomic mass is 79.9. The third-order valence-corrected chi connectivity index (χ3v) is 5.91. The number of aromatic nitrogens is 2. The second-order valence-electron chi connectivity index (χ2n) is 7.36. The molecule has 8 heteroatoms. The van der Waals surface area contributed by atoms with Gasteiger partial charge in [-0.15, -0.1) is 0 Å². The van der Waals surface area contributed by atoms with Crippen molar-refractivity contribution in [3.63, 3.8) is 0 Å². The van der Waals surface area contributed by atoms with Gasteiger partial charge in [0.05, 0.1) is 18.5 Å². The Labute approximate surface area is 188 Å². The van der Waals surface area contributed by atoms with Gasteiger partial charge in [-0.1, -0.05) is 15.9 Å². The number of nitrogens with one attached hydrogen (secondary N) is 1. The number of methoxy groups -OCH3 is 1. The molecule has 1 aliphatic rings. The molecule has 4 rings (SSSR count). The first-order valence-corrected chi connectivity index (χ1v) is 10.8. The average molecular weight is 485 g/mol. The van der Waals surface area contributed by atoms with Gasteiger partial charge in [0, 0.05) is 35.1 Å². The van der Waals surface area contributed by atoms with E-state index >= 15 is 0 Å². The standard InChI is InChI=1S/C23H22BrFN4O2/c1-31-18-5-2-15(3-6-18)21-13-22(27-14-26-21)29-10-8-16(9-11-29)23(30)28-20-7-4-17(24)12-19(20)25/h2-7,12-14,16H,8-11H2,1H3,(H,28,30). The molecule has 1 aromatic heterocycles. The van der Waals surface area contributed by atoms with Crippen LogP contribution in [0.3, 0.4) is 0 Å². The number of rotatable bonds is 5. The van der Waals surface area contributed by atoms with Gasteiger partial charge >= 0.3 is 0 Å². The lowest BCUT2D eigenvalue weighted by atomic mass is 9.95. The molecule has 2 aromatic carbocycles. The van der Waals surface area contributed by atoms with Crippen molar-refractivity contribution < 1.29 is 13.9 Å². The summed E-state index contributed by atoms with van der Waals surface area (Å²) >= 11 is 3.22. The molecular weight excluding hydrogens is 463 g/mol. The molecule has 31 heavy (non-hydrogen) atoms. The highest BCUT2D eigenvalue weighted by Crippen LogP contribution is 2.27. The molecule has 6 nitrogen and oxygen atoms in total. The topological polar surface area (TPSA) is 67.3 Å². The van der Waals surface area contributed by atoms with Crippen LogP contribution in [-0.4, -0.2) is 36.1 Å². The summed E-state index contributed by atoms with van der Waals surface area (Å²) in [5, 5.41) is 2.71. The number of halogens is 2. The molecule has 0 atom stereocenters. The molecule has 0 aliphatic carbocycles. The van der Waals surface area contributed by atoms with E-state index in [2.05, 4.69) is 36.1 Å². The van der Waals surface area contributed by atoms with Crippen LogP contribution in [0.2, 0.25) is 0 Å². The van der Waals surface area contributed by atoms with Crippen molar-refractivity contribution in [3.8, 4) is 17.0 Å². The van der Waals surface area contributed by atoms with Gasteiger partial charge < -0.3 is 15.0 Å². The average Bonchev–Trinajstić information content (AvgIpc) is 2.81. The number of hydrogen-bond donors (Lipinski definition) is 1. The van der Waals surface area contributed by atoms with E-state index in [1.54, 1.807) is 25.6 Å². The second-order valence-corrected chi connectivity index (χ2v) is 8.28. The lowest BCUT2D eigenvalue weighted by molar-refractivity contribution is -0.120. The minimum atomic E-state index is -0.452. The van der Waals surface area contributed by atoms with E-state index in [-0.39, 0.29) is 17.5 Å². The highest BCUT2D eigenvalue weighted by Gasteiger charge is 2.26. The summed E-state index contributed by atoms with van der Waals surface area (Å²) in [5.41, 5.74) is 2.02. The normalized spacial score (nSPS) is 14.4. The number of amides is 1. The number of benzene rings is 2. The first kappa shape index (κ1) is 21.2. The zero-order valence-electron chi connectivity index (χ0n) is 17.0. The van der Waals surface area contributed by atoms with Crippen molar-refractivity contribution in [1.29, 1.82) is 0 Å². The van der Waals surface area contributed by atoms with Crippen LogP contribution in [0, 0.1) is 11.7 Å². The van der Waals surface area contributed by atoms with Gasteiger partial charge in [-0.25, -0.2) is 14.4 Å². The molecule has 0 radical (unpaired) electrons. The van der Waals surface area contributed by atoms with Crippen molar-refractivity contribution in [2.75, 3.05) is 30.4 Å². The summed E-state index contributed by atoms with van der Waals surface area (Å²) in [6.45, 7) is 1.39. The molecule has 3 aromatic rings. The van der Waals surface area contributed by atoms with E-state index < -0.39 is 5.82 Å². The molecule has 0 bridgehead atoms. The van der Waals surface area contributed by atoms with Gasteiger partial charge in [0.1, 0.15) is 23.7 Å². The van der Waals surface area contributed by atoms with E-state index in [1.165, 1.54) is 6.07 Å². The first-order valence-electron chi connectivity index (χ1n) is 10.0. The summed E-state index contributed by atoms with van der Waals surface area (Å²) in [6.07, 6.45) is 2.90. The maximum absolute atomic E-state index is 14.0. The Morgan fingerprint density at radius 2 is 1.87 bits per heavy atom. The minimum Gasteiger partial charge on any atom is -0.497 e. The molecule has 1 fully saturated rings.